The maximum absolute atomic E-state index is 11.2. The van der Waals surface area contributed by atoms with Crippen molar-refractivity contribution in [2.24, 2.45) is 11.8 Å². The van der Waals surface area contributed by atoms with Crippen molar-refractivity contribution in [2.45, 2.75) is 116 Å². The van der Waals surface area contributed by atoms with Crippen LogP contribution in [0.2, 0.25) is 5.04 Å². The second-order valence-electron chi connectivity index (χ2n) is 13.4. The molecular weight excluding hydrogens is 512 g/mol. The Morgan fingerprint density at radius 3 is 2.17 bits per heavy atom. The highest BCUT2D eigenvalue weighted by Gasteiger charge is 2.54. The van der Waals surface area contributed by atoms with Gasteiger partial charge in [-0.05, 0) is 60.9 Å². The zero-order chi connectivity index (χ0) is 29.0. The van der Waals surface area contributed by atoms with Crippen LogP contribution in [0, 0.1) is 11.8 Å². The van der Waals surface area contributed by atoms with Crippen LogP contribution in [0.1, 0.15) is 87.0 Å². The van der Waals surface area contributed by atoms with Crippen LogP contribution in [-0.2, 0) is 18.7 Å². The molecule has 1 spiro atoms. The molecule has 40 heavy (non-hydrogen) atoms. The molecule has 218 valence electrons. The highest BCUT2D eigenvalue weighted by Crippen LogP contribution is 2.45. The number of ether oxygens (including phenoxy) is 2. The zero-order valence-electron chi connectivity index (χ0n) is 25.7. The maximum Gasteiger partial charge on any atom is 0.261 e. The zero-order valence-corrected chi connectivity index (χ0v) is 26.7. The number of hydrogen-bond donors (Lipinski definition) is 0. The van der Waals surface area contributed by atoms with Crippen LogP contribution in [0.4, 0.5) is 0 Å². The predicted molar refractivity (Wildman–Crippen MR) is 166 cm³/mol. The number of aldehydes is 1. The van der Waals surface area contributed by atoms with E-state index < -0.39 is 14.1 Å². The summed E-state index contributed by atoms with van der Waals surface area (Å²) in [5.41, 5.74) is 1.24. The van der Waals surface area contributed by atoms with Gasteiger partial charge < -0.3 is 18.7 Å². The van der Waals surface area contributed by atoms with E-state index in [1.165, 1.54) is 15.9 Å². The molecule has 0 unspecified atom stereocenters. The number of hydrogen-bond acceptors (Lipinski definition) is 4. The first-order valence-electron chi connectivity index (χ1n) is 15.2. The monoisotopic (exact) mass is 562 g/mol. The van der Waals surface area contributed by atoms with Gasteiger partial charge in [0, 0.05) is 18.8 Å². The van der Waals surface area contributed by atoms with Crippen molar-refractivity contribution in [2.75, 3.05) is 0 Å². The predicted octanol–water partition coefficient (Wildman–Crippen LogP) is 7.20. The van der Waals surface area contributed by atoms with E-state index in [2.05, 4.69) is 108 Å². The van der Waals surface area contributed by atoms with Gasteiger partial charge in [0.2, 0.25) is 0 Å². The van der Waals surface area contributed by atoms with E-state index in [4.69, 9.17) is 13.9 Å². The van der Waals surface area contributed by atoms with E-state index in [9.17, 15) is 4.79 Å². The SMILES string of the molecule is C/C(=C\C[C@@H]1C[C@@H](O[Si](c2ccccc2)(c2ccccc2)C(C)(C)C)C[C@]2(CC[C@H](C)[C@@H](C)O2)O1)C[C@@H](C)C=O. The van der Waals surface area contributed by atoms with E-state index in [0.717, 1.165) is 44.8 Å². The third-order valence-corrected chi connectivity index (χ3v) is 14.1. The van der Waals surface area contributed by atoms with Crippen LogP contribution in [0.5, 0.6) is 0 Å². The molecule has 6 atom stereocenters. The molecule has 2 aromatic carbocycles. The first kappa shape index (κ1) is 30.9. The van der Waals surface area contributed by atoms with Gasteiger partial charge in [-0.3, -0.25) is 0 Å². The molecule has 0 aliphatic carbocycles. The van der Waals surface area contributed by atoms with Crippen molar-refractivity contribution >= 4 is 25.0 Å². The molecule has 2 aromatic rings. The van der Waals surface area contributed by atoms with Gasteiger partial charge in [-0.15, -0.1) is 0 Å². The number of carbonyl (C=O) groups excluding carboxylic acids is 1. The molecular formula is C35H50O4Si. The molecule has 2 aliphatic heterocycles. The molecule has 0 radical (unpaired) electrons. The Morgan fingerprint density at radius 1 is 1.05 bits per heavy atom. The third-order valence-electron chi connectivity index (χ3n) is 8.99. The van der Waals surface area contributed by atoms with Crippen molar-refractivity contribution in [3.8, 4) is 0 Å². The number of allylic oxidation sites excluding steroid dienone is 1. The van der Waals surface area contributed by atoms with Gasteiger partial charge in [0.25, 0.3) is 8.32 Å². The van der Waals surface area contributed by atoms with Crippen molar-refractivity contribution < 1.29 is 18.7 Å². The Labute approximate surface area is 243 Å². The molecule has 4 nitrogen and oxygen atoms in total. The largest absolute Gasteiger partial charge is 0.404 e. The summed E-state index contributed by atoms with van der Waals surface area (Å²) >= 11 is 0. The molecule has 0 bridgehead atoms. The first-order chi connectivity index (χ1) is 19.0. The van der Waals surface area contributed by atoms with E-state index in [1.807, 2.05) is 6.92 Å². The standard InChI is InChI=1S/C35H50O4Si/c1-26(22-27(2)25-36)18-19-30-23-31(24-35(38-30)21-20-28(3)29(4)37-35)39-40(34(5,6)7,32-14-10-8-11-15-32)33-16-12-9-13-17-33/h8-18,25,27-31H,19-24H2,1-7H3/b26-18+/t27-,28+,29-,30-,31-,35+/m1/s1. The molecule has 0 N–H and O–H groups in total. The van der Waals surface area contributed by atoms with E-state index >= 15 is 0 Å². The molecule has 2 heterocycles. The van der Waals surface area contributed by atoms with Gasteiger partial charge >= 0.3 is 0 Å². The maximum atomic E-state index is 11.2. The first-order valence-corrected chi connectivity index (χ1v) is 17.1. The minimum absolute atomic E-state index is 0.000872. The lowest BCUT2D eigenvalue weighted by atomic mass is 9.86. The van der Waals surface area contributed by atoms with Gasteiger partial charge in [0.1, 0.15) is 6.29 Å². The summed E-state index contributed by atoms with van der Waals surface area (Å²) in [6, 6.07) is 21.8. The van der Waals surface area contributed by atoms with Crippen LogP contribution >= 0.6 is 0 Å². The molecule has 2 saturated heterocycles. The average molecular weight is 563 g/mol. The van der Waals surface area contributed by atoms with Gasteiger partial charge in [0.05, 0.1) is 18.3 Å². The lowest BCUT2D eigenvalue weighted by Gasteiger charge is -2.52. The Morgan fingerprint density at radius 2 is 1.65 bits per heavy atom. The second kappa shape index (κ2) is 12.9. The molecule has 0 saturated carbocycles. The highest BCUT2D eigenvalue weighted by atomic mass is 28.4. The highest BCUT2D eigenvalue weighted by molar-refractivity contribution is 6.99. The number of rotatable bonds is 9. The summed E-state index contributed by atoms with van der Waals surface area (Å²) in [6.07, 6.45) is 8.59. The number of benzene rings is 2. The summed E-state index contributed by atoms with van der Waals surface area (Å²) in [5, 5.41) is 2.51. The molecule has 0 aromatic heterocycles. The van der Waals surface area contributed by atoms with Crippen LogP contribution in [0.15, 0.2) is 72.3 Å². The van der Waals surface area contributed by atoms with Gasteiger partial charge in [-0.25, -0.2) is 0 Å². The lowest BCUT2D eigenvalue weighted by molar-refractivity contribution is -0.330. The van der Waals surface area contributed by atoms with Crippen molar-refractivity contribution in [3.63, 3.8) is 0 Å². The smallest absolute Gasteiger partial charge is 0.261 e. The molecule has 2 fully saturated rings. The summed E-state index contributed by atoms with van der Waals surface area (Å²) in [4.78, 5) is 11.2. The summed E-state index contributed by atoms with van der Waals surface area (Å²) < 4.78 is 21.2. The minimum atomic E-state index is -2.71. The van der Waals surface area contributed by atoms with Crippen molar-refractivity contribution in [1.82, 2.24) is 0 Å². The Hall–Kier alpha value is -2.05. The normalized spacial score (nSPS) is 28.8. The summed E-state index contributed by atoms with van der Waals surface area (Å²) in [6.45, 7) is 15.6. The summed E-state index contributed by atoms with van der Waals surface area (Å²) in [7, 11) is -2.71. The Balaban J connectivity index is 1.72. The third kappa shape index (κ3) is 6.87. The fraction of sp³-hybridized carbons (Fsp3) is 0.571. The van der Waals surface area contributed by atoms with E-state index in [-0.39, 0.29) is 29.3 Å². The summed E-state index contributed by atoms with van der Waals surface area (Å²) in [5.74, 6) is -0.0781. The molecule has 5 heteroatoms. The van der Waals surface area contributed by atoms with Gasteiger partial charge in [-0.1, -0.05) is 107 Å². The topological polar surface area (TPSA) is 44.8 Å². The van der Waals surface area contributed by atoms with Crippen molar-refractivity contribution in [3.05, 3.63) is 72.3 Å². The average Bonchev–Trinajstić information content (AvgIpc) is 2.93. The Bertz CT molecular complexity index is 1090. The fourth-order valence-electron chi connectivity index (χ4n) is 6.70. The molecule has 0 amide bonds. The minimum Gasteiger partial charge on any atom is -0.404 e. The quantitative estimate of drug-likeness (QED) is 0.184. The van der Waals surface area contributed by atoms with E-state index in [1.54, 1.807) is 0 Å². The van der Waals surface area contributed by atoms with E-state index in [0.29, 0.717) is 5.92 Å². The Kier molecular flexibility index (Phi) is 9.93. The fourth-order valence-corrected chi connectivity index (χ4v) is 11.4. The second-order valence-corrected chi connectivity index (χ2v) is 17.7. The lowest BCUT2D eigenvalue weighted by Crippen LogP contribution is -2.68. The molecule has 2 aliphatic rings. The number of carbonyl (C=O) groups is 1. The van der Waals surface area contributed by atoms with Crippen molar-refractivity contribution in [1.29, 1.82) is 0 Å². The van der Waals surface area contributed by atoms with Crippen LogP contribution in [0.25, 0.3) is 0 Å². The van der Waals surface area contributed by atoms with Crippen LogP contribution < -0.4 is 10.4 Å². The van der Waals surface area contributed by atoms with Gasteiger partial charge in [0.15, 0.2) is 5.79 Å². The van der Waals surface area contributed by atoms with Crippen LogP contribution in [0.3, 0.4) is 0 Å². The van der Waals surface area contributed by atoms with Gasteiger partial charge in [-0.2, -0.15) is 0 Å². The molecule has 4 rings (SSSR count). The van der Waals surface area contributed by atoms with Crippen LogP contribution in [-0.4, -0.2) is 38.7 Å².